The van der Waals surface area contributed by atoms with Gasteiger partial charge in [-0.1, -0.05) is 139 Å². The maximum absolute atomic E-state index is 14.4. The summed E-state index contributed by atoms with van der Waals surface area (Å²) in [5.41, 5.74) is 6.98. The Balaban J connectivity index is 1.86. The molecule has 1 aliphatic heterocycles. The number of likely N-dealkylation sites (N-methyl/N-ethyl adjacent to an activating group) is 1. The third-order valence-electron chi connectivity index (χ3n) is 16.1. The van der Waals surface area contributed by atoms with Crippen LogP contribution in [0.25, 0.3) is 0 Å². The molecule has 11 amide bonds. The third kappa shape index (κ3) is 23.4. The number of amides is 11. The summed E-state index contributed by atoms with van der Waals surface area (Å²) in [5, 5.41) is 49.5. The molecule has 1 fully saturated rings. The minimum atomic E-state index is -1.82. The van der Waals surface area contributed by atoms with E-state index in [1.807, 2.05) is 30.3 Å². The number of hydrogen-bond donors (Lipinski definition) is 14. The van der Waals surface area contributed by atoms with Gasteiger partial charge in [0.05, 0.1) is 19.3 Å². The number of carbonyl (C=O) groups excluding carboxylic acids is 12. The molecule has 15 N–H and O–H groups in total. The largest absolute Gasteiger partial charge is 0.458 e. The third-order valence-corrected chi connectivity index (χ3v) is 16.7. The lowest BCUT2D eigenvalue weighted by molar-refractivity contribution is -0.157. The van der Waals surface area contributed by atoms with Crippen LogP contribution in [0, 0.1) is 23.7 Å². The summed E-state index contributed by atoms with van der Waals surface area (Å²) in [6, 6.07) is 0.692. The van der Waals surface area contributed by atoms with Gasteiger partial charge < -0.3 is 79.2 Å². The number of carbonyl (C=O) groups is 12. The van der Waals surface area contributed by atoms with Crippen LogP contribution in [0.15, 0.2) is 59.1 Å². The molecule has 3 rings (SSSR count). The van der Waals surface area contributed by atoms with Gasteiger partial charge in [0.25, 0.3) is 0 Å². The van der Waals surface area contributed by atoms with Gasteiger partial charge in [0.15, 0.2) is 0 Å². The highest BCUT2D eigenvalue weighted by Crippen LogP contribution is 2.18. The number of hydrogen-bond acceptors (Lipinski definition) is 16. The molecule has 0 bridgehead atoms. The number of aliphatic hydroxyl groups is 2. The predicted octanol–water partition coefficient (Wildman–Crippen LogP) is -0.930. The van der Waals surface area contributed by atoms with Crippen molar-refractivity contribution in [3.05, 3.63) is 70.2 Å². The highest BCUT2D eigenvalue weighted by Gasteiger charge is 2.41. The molecule has 16 atom stereocenters. The SMILES string of the molecule is CC[C@@H](C)[C@@H](NC(=O)[C@@H](CCC(N)=O)NC(=O)[C@H](CO)NC(=O)[C@@H](NC(=O)[C@@H](Cc1ccccc1)NC)[C@@H](C)CC)C(=O)N[C@H](C(=O)N[C@@H](CO)C(=O)N[C@H]1C(=O)N[C@@H](C)C(=O)N[C@@H](Cc2ccc(Br)cc2)C(=O)N[C@@H]([C@@H](C)CC)C(=O)O[C@H]1C)[C@@H](C)CC. The van der Waals surface area contributed by atoms with E-state index in [0.717, 1.165) is 10.0 Å². The minimum Gasteiger partial charge on any atom is -0.458 e. The fourth-order valence-electron chi connectivity index (χ4n) is 9.40. The number of benzene rings is 2. The number of cyclic esters (lactones) is 1. The zero-order chi connectivity index (χ0) is 66.8. The van der Waals surface area contributed by atoms with Crippen LogP contribution in [0.3, 0.4) is 0 Å². The minimum absolute atomic E-state index is 0.00658. The maximum Gasteiger partial charge on any atom is 0.329 e. The normalized spacial score (nSPS) is 21.0. The van der Waals surface area contributed by atoms with Gasteiger partial charge in [-0.3, -0.25) is 52.7 Å². The standard InChI is InChI=1S/C61H93BrN12O15/c1-12-31(5)46(71-53(80)41(64-11)27-37-19-17-16-18-20-37)57(84)68-43(29-75)55(82)66-40(25-26-45(63)77)52(79)70-48(33(7)14-3)59(86)72-47(32(6)13-2)58(85)69-44(30-76)56(83)74-50-36(10)89-61(88)49(34(8)15-4)73-54(81)42(28-38-21-23-39(62)24-22-38)67-51(78)35(9)65-60(50)87/h16-24,31-36,40-44,46-50,64,75-76H,12-15,25-30H2,1-11H3,(H2,63,77)(H,65,87)(H,66,82)(H,67,78)(H,68,84)(H,69,85)(H,70,79)(H,71,80)(H,72,86)(H,73,81)(H,74,83)/t31-,32-,33+,34-,35-,36-,40+,41+,42-,43-,44-,46-,47-,48+,49-,50+/m0/s1. The van der Waals surface area contributed by atoms with Gasteiger partial charge in [-0.2, -0.15) is 0 Å². The van der Waals surface area contributed by atoms with E-state index >= 15 is 0 Å². The highest BCUT2D eigenvalue weighted by atomic mass is 79.9. The molecule has 0 saturated carbocycles. The van der Waals surface area contributed by atoms with E-state index in [-0.39, 0.29) is 19.3 Å². The van der Waals surface area contributed by atoms with Crippen molar-refractivity contribution in [3.63, 3.8) is 0 Å². The Hall–Kier alpha value is -7.56. The smallest absolute Gasteiger partial charge is 0.329 e. The van der Waals surface area contributed by atoms with Crippen LogP contribution >= 0.6 is 15.9 Å². The zero-order valence-electron chi connectivity index (χ0n) is 52.7. The Morgan fingerprint density at radius 3 is 1.53 bits per heavy atom. The topological polar surface area (TPSA) is 413 Å². The first kappa shape index (κ1) is 75.7. The summed E-state index contributed by atoms with van der Waals surface area (Å²) >= 11 is 3.37. The van der Waals surface area contributed by atoms with Crippen LogP contribution in [0.1, 0.15) is 119 Å². The molecule has 1 heterocycles. The Kier molecular flexibility index (Phi) is 31.8. The second kappa shape index (κ2) is 37.4. The van der Waals surface area contributed by atoms with Crippen molar-refractivity contribution >= 4 is 86.9 Å². The molecule has 2 aromatic carbocycles. The summed E-state index contributed by atoms with van der Waals surface area (Å²) in [6.07, 6.45) is -0.703. The van der Waals surface area contributed by atoms with E-state index in [1.165, 1.54) is 13.8 Å². The van der Waals surface area contributed by atoms with Crippen molar-refractivity contribution in [1.82, 2.24) is 58.5 Å². The number of nitrogens with two attached hydrogens (primary N) is 1. The Labute approximate surface area is 528 Å². The zero-order valence-corrected chi connectivity index (χ0v) is 54.2. The Morgan fingerprint density at radius 1 is 0.573 bits per heavy atom. The van der Waals surface area contributed by atoms with Crippen molar-refractivity contribution in [2.75, 3.05) is 20.3 Å². The average molecular weight is 1310 g/mol. The van der Waals surface area contributed by atoms with Crippen molar-refractivity contribution in [2.45, 2.75) is 193 Å². The molecular formula is C61H93BrN12O15. The molecule has 0 spiro atoms. The van der Waals surface area contributed by atoms with Crippen molar-refractivity contribution in [1.29, 1.82) is 0 Å². The molecule has 1 saturated heterocycles. The maximum atomic E-state index is 14.4. The second-order valence-corrected chi connectivity index (χ2v) is 23.7. The molecule has 1 aliphatic rings. The molecule has 28 heteroatoms. The number of ether oxygens (including phenoxy) is 1. The van der Waals surface area contributed by atoms with E-state index in [9.17, 15) is 67.7 Å². The lowest BCUT2D eigenvalue weighted by Crippen LogP contribution is -2.63. The fourth-order valence-corrected chi connectivity index (χ4v) is 9.66. The van der Waals surface area contributed by atoms with Crippen LogP contribution in [0.5, 0.6) is 0 Å². The van der Waals surface area contributed by atoms with Crippen LogP contribution < -0.4 is 64.2 Å². The van der Waals surface area contributed by atoms with Gasteiger partial charge in [0.1, 0.15) is 66.5 Å². The van der Waals surface area contributed by atoms with Gasteiger partial charge in [0, 0.05) is 17.3 Å². The van der Waals surface area contributed by atoms with Crippen LogP contribution in [-0.4, -0.2) is 174 Å². The molecule has 27 nitrogen and oxygen atoms in total. The molecule has 0 aliphatic carbocycles. The van der Waals surface area contributed by atoms with Crippen LogP contribution in [0.4, 0.5) is 0 Å². The van der Waals surface area contributed by atoms with Gasteiger partial charge in [-0.25, -0.2) is 4.79 Å². The lowest BCUT2D eigenvalue weighted by Gasteiger charge is -2.31. The summed E-state index contributed by atoms with van der Waals surface area (Å²) in [4.78, 5) is 166. The fraction of sp³-hybridized carbons (Fsp3) is 0.607. The molecule has 0 unspecified atom stereocenters. The van der Waals surface area contributed by atoms with Crippen LogP contribution in [-0.2, 0) is 75.1 Å². The Bertz CT molecular complexity index is 2740. The first-order valence-electron chi connectivity index (χ1n) is 30.3. The van der Waals surface area contributed by atoms with Crippen molar-refractivity contribution in [2.24, 2.45) is 29.4 Å². The Morgan fingerprint density at radius 2 is 1.04 bits per heavy atom. The average Bonchev–Trinajstić information content (AvgIpc) is 3.87. The van der Waals surface area contributed by atoms with E-state index in [1.54, 1.807) is 86.7 Å². The predicted molar refractivity (Wildman–Crippen MR) is 332 cm³/mol. The number of rotatable bonds is 32. The highest BCUT2D eigenvalue weighted by molar-refractivity contribution is 9.10. The number of esters is 1. The first-order valence-corrected chi connectivity index (χ1v) is 31.1. The summed E-state index contributed by atoms with van der Waals surface area (Å²) in [6.45, 7) is 14.2. The quantitative estimate of drug-likeness (QED) is 0.0394. The van der Waals surface area contributed by atoms with Gasteiger partial charge in [0.2, 0.25) is 65.0 Å². The first-order chi connectivity index (χ1) is 42.1. The monoisotopic (exact) mass is 1310 g/mol. The van der Waals surface area contributed by atoms with E-state index in [2.05, 4.69) is 74.4 Å². The summed E-state index contributed by atoms with van der Waals surface area (Å²) < 4.78 is 6.53. The van der Waals surface area contributed by atoms with E-state index < -0.39 is 193 Å². The summed E-state index contributed by atoms with van der Waals surface area (Å²) in [5.74, 6) is -13.1. The van der Waals surface area contributed by atoms with Gasteiger partial charge in [-0.05, 0) is 80.7 Å². The molecule has 89 heavy (non-hydrogen) atoms. The number of nitrogens with one attached hydrogen (secondary N) is 11. The number of halogens is 1. The van der Waals surface area contributed by atoms with Crippen molar-refractivity contribution in [3.8, 4) is 0 Å². The van der Waals surface area contributed by atoms with E-state index in [4.69, 9.17) is 10.5 Å². The molecule has 494 valence electrons. The number of aliphatic hydroxyl groups excluding tert-OH is 2. The van der Waals surface area contributed by atoms with Gasteiger partial charge >= 0.3 is 5.97 Å². The lowest BCUT2D eigenvalue weighted by atomic mass is 9.94. The molecule has 2 aromatic rings. The van der Waals surface area contributed by atoms with Crippen molar-refractivity contribution < 1.29 is 72.5 Å². The van der Waals surface area contributed by atoms with Crippen LogP contribution in [0.2, 0.25) is 0 Å². The second-order valence-electron chi connectivity index (χ2n) is 22.8. The number of primary amides is 1. The molecule has 0 radical (unpaired) electrons. The van der Waals surface area contributed by atoms with E-state index in [0.29, 0.717) is 24.8 Å². The van der Waals surface area contributed by atoms with Gasteiger partial charge in [-0.15, -0.1) is 0 Å². The summed E-state index contributed by atoms with van der Waals surface area (Å²) in [7, 11) is 1.60. The molecule has 0 aromatic heterocycles. The molecular weight excluding hydrogens is 1220 g/mol.